The molecule has 0 spiro atoms. The van der Waals surface area contributed by atoms with Crippen molar-refractivity contribution in [1.82, 2.24) is 9.47 Å². The molecule has 1 aromatic heterocycles. The molecular weight excluding hydrogens is 507 g/mol. The van der Waals surface area contributed by atoms with Gasteiger partial charge in [0.05, 0.1) is 11.4 Å². The van der Waals surface area contributed by atoms with E-state index in [2.05, 4.69) is 64.4 Å². The van der Waals surface area contributed by atoms with Gasteiger partial charge in [0.2, 0.25) is 0 Å². The zero-order chi connectivity index (χ0) is 21.4. The predicted octanol–water partition coefficient (Wildman–Crippen LogP) is 6.24. The van der Waals surface area contributed by atoms with E-state index in [0.717, 1.165) is 43.5 Å². The summed E-state index contributed by atoms with van der Waals surface area (Å²) in [6.45, 7) is 6.44. The number of aromatic nitrogens is 1. The molecule has 0 atom stereocenters. The van der Waals surface area contributed by atoms with Crippen LogP contribution in [0.2, 0.25) is 0 Å². The van der Waals surface area contributed by atoms with Crippen LogP contribution >= 0.6 is 34.4 Å². The molecule has 4 nitrogen and oxygen atoms in total. The summed E-state index contributed by atoms with van der Waals surface area (Å²) in [7, 11) is 0. The van der Waals surface area contributed by atoms with Crippen LogP contribution in [0.15, 0.2) is 59.5 Å². The number of nitrogens with zero attached hydrogens (tertiary/aromatic N) is 2. The molecule has 1 saturated heterocycles. The Hall–Kier alpha value is -2.32. The van der Waals surface area contributed by atoms with Crippen LogP contribution in [0.25, 0.3) is 11.8 Å². The maximum atomic E-state index is 12.9. The Morgan fingerprint density at radius 3 is 2.30 bits per heavy atom. The molecule has 1 aliphatic heterocycles. The summed E-state index contributed by atoms with van der Waals surface area (Å²) >= 11 is 3.24. The summed E-state index contributed by atoms with van der Waals surface area (Å²) in [6, 6.07) is 18.3. The van der Waals surface area contributed by atoms with Gasteiger partial charge in [0, 0.05) is 20.6 Å². The van der Waals surface area contributed by atoms with Gasteiger partial charge in [-0.2, -0.15) is 0 Å². The molecule has 0 N–H and O–H groups in total. The maximum Gasteiger partial charge on any atom is 0.293 e. The van der Waals surface area contributed by atoms with Crippen LogP contribution in [0, 0.1) is 24.3 Å². The van der Waals surface area contributed by atoms with Crippen molar-refractivity contribution in [3.8, 4) is 5.69 Å². The lowest BCUT2D eigenvalue weighted by atomic mass is 10.2. The largest absolute Gasteiger partial charge is 0.318 e. The second kappa shape index (κ2) is 8.43. The first kappa shape index (κ1) is 20.9. The molecule has 1 fully saturated rings. The van der Waals surface area contributed by atoms with Gasteiger partial charge in [-0.15, -0.1) is 0 Å². The van der Waals surface area contributed by atoms with E-state index in [4.69, 9.17) is 0 Å². The van der Waals surface area contributed by atoms with Crippen molar-refractivity contribution in [3.05, 3.63) is 91.2 Å². The summed E-state index contributed by atoms with van der Waals surface area (Å²) in [5.74, 6) is -0.233. The molecule has 0 aliphatic carbocycles. The molecule has 2 amide bonds. The van der Waals surface area contributed by atoms with E-state index in [-0.39, 0.29) is 11.1 Å². The molecule has 3 aromatic rings. The van der Waals surface area contributed by atoms with Crippen LogP contribution in [0.3, 0.4) is 0 Å². The first-order valence-corrected chi connectivity index (χ1v) is 11.5. The Morgan fingerprint density at radius 1 is 0.967 bits per heavy atom. The lowest BCUT2D eigenvalue weighted by Gasteiger charge is -2.12. The fraction of sp³-hybridized carbons (Fsp3) is 0.167. The second-order valence-corrected chi connectivity index (χ2v) is 9.63. The molecule has 152 valence electrons. The quantitative estimate of drug-likeness (QED) is 0.297. The summed E-state index contributed by atoms with van der Waals surface area (Å²) in [6.07, 6.45) is 1.84. The van der Waals surface area contributed by atoms with Crippen molar-refractivity contribution >= 4 is 51.6 Å². The molecule has 6 heteroatoms. The van der Waals surface area contributed by atoms with Crippen molar-refractivity contribution in [2.24, 2.45) is 0 Å². The maximum absolute atomic E-state index is 12.9. The van der Waals surface area contributed by atoms with Crippen molar-refractivity contribution in [1.29, 1.82) is 0 Å². The molecule has 1 aliphatic rings. The van der Waals surface area contributed by atoms with Crippen LogP contribution in [0.5, 0.6) is 0 Å². The van der Waals surface area contributed by atoms with Crippen LogP contribution in [0.4, 0.5) is 4.79 Å². The smallest absolute Gasteiger partial charge is 0.293 e. The minimum absolute atomic E-state index is 0.225. The number of rotatable bonds is 4. The number of imide groups is 1. The number of hydrogen-bond acceptors (Lipinski definition) is 3. The minimum atomic E-state index is -0.233. The standard InChI is InChI=1S/C24H21IN2O2S/c1-15-4-10-21(11-5-15)27-16(2)12-19(17(27)3)13-22-23(28)26(24(29)30-22)14-18-6-8-20(25)9-7-18/h4-13H,14H2,1-3H3/b22-13-. The van der Waals surface area contributed by atoms with Gasteiger partial charge in [0.1, 0.15) is 0 Å². The molecule has 0 unspecified atom stereocenters. The Bertz CT molecular complexity index is 1160. The Labute approximate surface area is 194 Å². The van der Waals surface area contributed by atoms with Crippen LogP contribution < -0.4 is 0 Å². The Kier molecular flexibility index (Phi) is 5.88. The molecule has 2 heterocycles. The molecule has 30 heavy (non-hydrogen) atoms. The highest BCUT2D eigenvalue weighted by Gasteiger charge is 2.35. The lowest BCUT2D eigenvalue weighted by molar-refractivity contribution is -0.123. The van der Waals surface area contributed by atoms with Gasteiger partial charge >= 0.3 is 0 Å². The van der Waals surface area contributed by atoms with Gasteiger partial charge < -0.3 is 4.57 Å². The van der Waals surface area contributed by atoms with E-state index in [0.29, 0.717) is 11.4 Å². The monoisotopic (exact) mass is 528 g/mol. The number of carbonyl (C=O) groups excluding carboxylic acids is 2. The van der Waals surface area contributed by atoms with Crippen LogP contribution in [-0.4, -0.2) is 20.6 Å². The van der Waals surface area contributed by atoms with E-state index < -0.39 is 0 Å². The number of carbonyl (C=O) groups is 2. The number of benzene rings is 2. The number of hydrogen-bond donors (Lipinski definition) is 0. The molecule has 0 bridgehead atoms. The minimum Gasteiger partial charge on any atom is -0.318 e. The third kappa shape index (κ3) is 4.11. The first-order chi connectivity index (χ1) is 14.3. The summed E-state index contributed by atoms with van der Waals surface area (Å²) in [5, 5.41) is -0.225. The summed E-state index contributed by atoms with van der Waals surface area (Å²) in [4.78, 5) is 27.2. The SMILES string of the molecule is Cc1ccc(-n2c(C)cc(/C=C3\SC(=O)N(Cc4ccc(I)cc4)C3=O)c2C)cc1. The van der Waals surface area contributed by atoms with E-state index in [1.807, 2.05) is 44.2 Å². The molecular formula is C24H21IN2O2S. The van der Waals surface area contributed by atoms with Gasteiger partial charge in [0.15, 0.2) is 0 Å². The van der Waals surface area contributed by atoms with E-state index in [9.17, 15) is 9.59 Å². The van der Waals surface area contributed by atoms with Crippen molar-refractivity contribution < 1.29 is 9.59 Å². The van der Waals surface area contributed by atoms with E-state index in [1.165, 1.54) is 10.5 Å². The molecule has 2 aromatic carbocycles. The topological polar surface area (TPSA) is 42.3 Å². The van der Waals surface area contributed by atoms with Crippen LogP contribution in [-0.2, 0) is 11.3 Å². The number of aryl methyl sites for hydroxylation is 2. The highest BCUT2D eigenvalue weighted by molar-refractivity contribution is 14.1. The van der Waals surface area contributed by atoms with Crippen LogP contribution in [0.1, 0.15) is 28.1 Å². The number of amides is 2. The third-order valence-electron chi connectivity index (χ3n) is 5.18. The number of thioether (sulfide) groups is 1. The zero-order valence-electron chi connectivity index (χ0n) is 17.0. The summed E-state index contributed by atoms with van der Waals surface area (Å²) < 4.78 is 3.29. The normalized spacial score (nSPS) is 15.5. The molecule has 4 rings (SSSR count). The average Bonchev–Trinajstić information content (AvgIpc) is 3.14. The Morgan fingerprint density at radius 2 is 1.63 bits per heavy atom. The van der Waals surface area contributed by atoms with Crippen molar-refractivity contribution in [3.63, 3.8) is 0 Å². The summed E-state index contributed by atoms with van der Waals surface area (Å²) in [5.41, 5.74) is 6.32. The first-order valence-electron chi connectivity index (χ1n) is 9.59. The van der Waals surface area contributed by atoms with E-state index in [1.54, 1.807) is 0 Å². The molecule has 0 saturated carbocycles. The van der Waals surface area contributed by atoms with Gasteiger partial charge in [-0.1, -0.05) is 29.8 Å². The van der Waals surface area contributed by atoms with Gasteiger partial charge in [0.25, 0.3) is 11.1 Å². The zero-order valence-corrected chi connectivity index (χ0v) is 20.0. The highest BCUT2D eigenvalue weighted by Crippen LogP contribution is 2.34. The predicted molar refractivity (Wildman–Crippen MR) is 131 cm³/mol. The van der Waals surface area contributed by atoms with Crippen molar-refractivity contribution in [2.75, 3.05) is 0 Å². The third-order valence-corrected chi connectivity index (χ3v) is 6.80. The lowest BCUT2D eigenvalue weighted by Crippen LogP contribution is -2.27. The Balaban J connectivity index is 1.61. The average molecular weight is 528 g/mol. The molecule has 0 radical (unpaired) electrons. The fourth-order valence-electron chi connectivity index (χ4n) is 3.57. The highest BCUT2D eigenvalue weighted by atomic mass is 127. The van der Waals surface area contributed by atoms with Crippen molar-refractivity contribution in [2.45, 2.75) is 27.3 Å². The van der Waals surface area contributed by atoms with Gasteiger partial charge in [-0.3, -0.25) is 14.5 Å². The van der Waals surface area contributed by atoms with Gasteiger partial charge in [-0.05, 0) is 103 Å². The second-order valence-electron chi connectivity index (χ2n) is 7.39. The van der Waals surface area contributed by atoms with Gasteiger partial charge in [-0.25, -0.2) is 0 Å². The number of halogens is 1. The fourth-order valence-corrected chi connectivity index (χ4v) is 4.76. The van der Waals surface area contributed by atoms with E-state index >= 15 is 0 Å².